The maximum absolute atomic E-state index is 12.3. The summed E-state index contributed by atoms with van der Waals surface area (Å²) in [6, 6.07) is 11.6. The smallest absolute Gasteiger partial charge is 0.232 e. The third kappa shape index (κ3) is 2.67. The summed E-state index contributed by atoms with van der Waals surface area (Å²) in [7, 11) is 0. The molecule has 3 aromatic rings. The predicted octanol–water partition coefficient (Wildman–Crippen LogP) is 2.96. The number of aryl methyl sites for hydroxylation is 1. The van der Waals surface area contributed by atoms with E-state index in [4.69, 9.17) is 4.52 Å². The molecule has 1 saturated heterocycles. The zero-order valence-corrected chi connectivity index (χ0v) is 13.2. The lowest BCUT2D eigenvalue weighted by Crippen LogP contribution is -2.24. The molecule has 4 rings (SSSR count). The molecule has 24 heavy (non-hydrogen) atoms. The van der Waals surface area contributed by atoms with Gasteiger partial charge in [0.25, 0.3) is 0 Å². The maximum Gasteiger partial charge on any atom is 0.232 e. The van der Waals surface area contributed by atoms with E-state index in [1.54, 1.807) is 17.3 Å². The van der Waals surface area contributed by atoms with Crippen molar-refractivity contribution in [1.82, 2.24) is 15.1 Å². The minimum Gasteiger partial charge on any atom is -0.339 e. The minimum atomic E-state index is -0.0816. The van der Waals surface area contributed by atoms with Crippen molar-refractivity contribution < 1.29 is 9.32 Å². The van der Waals surface area contributed by atoms with Gasteiger partial charge >= 0.3 is 0 Å². The fourth-order valence-electron chi connectivity index (χ4n) is 2.87. The molecule has 1 aliphatic rings. The SMILES string of the molecule is Cc1ccc(N2CC(c3nc(-c4ccncc4)no3)CC2=O)cc1. The number of hydrogen-bond donors (Lipinski definition) is 0. The Morgan fingerprint density at radius 1 is 1.12 bits per heavy atom. The quantitative estimate of drug-likeness (QED) is 0.742. The molecule has 6 heteroatoms. The van der Waals surface area contributed by atoms with Crippen LogP contribution in [0.1, 0.15) is 23.8 Å². The van der Waals surface area contributed by atoms with Crippen molar-refractivity contribution in [3.05, 3.63) is 60.2 Å². The molecule has 0 N–H and O–H groups in total. The van der Waals surface area contributed by atoms with E-state index in [0.29, 0.717) is 24.7 Å². The summed E-state index contributed by atoms with van der Waals surface area (Å²) in [6.45, 7) is 2.58. The number of aromatic nitrogens is 3. The van der Waals surface area contributed by atoms with Crippen molar-refractivity contribution in [3.63, 3.8) is 0 Å². The van der Waals surface area contributed by atoms with Gasteiger partial charge < -0.3 is 9.42 Å². The summed E-state index contributed by atoms with van der Waals surface area (Å²) in [6.07, 6.45) is 3.75. The summed E-state index contributed by atoms with van der Waals surface area (Å²) >= 11 is 0. The van der Waals surface area contributed by atoms with Gasteiger partial charge in [-0.05, 0) is 31.2 Å². The molecule has 0 saturated carbocycles. The van der Waals surface area contributed by atoms with Crippen LogP contribution in [0.4, 0.5) is 5.69 Å². The van der Waals surface area contributed by atoms with Crippen molar-refractivity contribution in [2.75, 3.05) is 11.4 Å². The highest BCUT2D eigenvalue weighted by atomic mass is 16.5. The Hall–Kier alpha value is -3.02. The van der Waals surface area contributed by atoms with E-state index in [9.17, 15) is 4.79 Å². The number of rotatable bonds is 3. The first-order valence-electron chi connectivity index (χ1n) is 7.82. The maximum atomic E-state index is 12.3. The number of nitrogens with zero attached hydrogens (tertiary/aromatic N) is 4. The molecule has 1 unspecified atom stereocenters. The molecule has 1 fully saturated rings. The third-order valence-electron chi connectivity index (χ3n) is 4.20. The van der Waals surface area contributed by atoms with Crippen molar-refractivity contribution in [3.8, 4) is 11.4 Å². The van der Waals surface area contributed by atoms with Crippen LogP contribution >= 0.6 is 0 Å². The van der Waals surface area contributed by atoms with Crippen LogP contribution in [0.3, 0.4) is 0 Å². The second-order valence-electron chi connectivity index (χ2n) is 5.93. The van der Waals surface area contributed by atoms with E-state index in [0.717, 1.165) is 11.3 Å². The van der Waals surface area contributed by atoms with Gasteiger partial charge in [-0.2, -0.15) is 4.98 Å². The van der Waals surface area contributed by atoms with Crippen LogP contribution in [0.5, 0.6) is 0 Å². The molecule has 3 heterocycles. The van der Waals surface area contributed by atoms with Gasteiger partial charge in [-0.3, -0.25) is 9.78 Å². The number of anilines is 1. The number of carbonyl (C=O) groups is 1. The van der Waals surface area contributed by atoms with Gasteiger partial charge in [0.15, 0.2) is 0 Å². The van der Waals surface area contributed by atoms with Gasteiger partial charge in [0.05, 0.1) is 5.92 Å². The fourth-order valence-corrected chi connectivity index (χ4v) is 2.87. The number of amides is 1. The number of benzene rings is 1. The van der Waals surface area contributed by atoms with Gasteiger partial charge in [-0.1, -0.05) is 22.9 Å². The summed E-state index contributed by atoms with van der Waals surface area (Å²) in [5.74, 6) is 1.02. The Labute approximate surface area is 139 Å². The highest BCUT2D eigenvalue weighted by Crippen LogP contribution is 2.31. The van der Waals surface area contributed by atoms with Gasteiger partial charge in [-0.15, -0.1) is 0 Å². The molecule has 120 valence electrons. The minimum absolute atomic E-state index is 0.0764. The van der Waals surface area contributed by atoms with Crippen LogP contribution < -0.4 is 4.90 Å². The van der Waals surface area contributed by atoms with Gasteiger partial charge in [0.1, 0.15) is 0 Å². The van der Waals surface area contributed by atoms with Gasteiger partial charge in [0, 0.05) is 36.6 Å². The standard InChI is InChI=1S/C18H16N4O2/c1-12-2-4-15(5-3-12)22-11-14(10-16(22)23)18-20-17(21-24-18)13-6-8-19-9-7-13/h2-9,14H,10-11H2,1H3. The molecule has 1 atom stereocenters. The highest BCUT2D eigenvalue weighted by molar-refractivity contribution is 5.96. The average Bonchev–Trinajstić information content (AvgIpc) is 3.23. The van der Waals surface area contributed by atoms with Crippen LogP contribution in [-0.2, 0) is 4.79 Å². The zero-order valence-electron chi connectivity index (χ0n) is 13.2. The molecule has 0 spiro atoms. The Morgan fingerprint density at radius 3 is 2.62 bits per heavy atom. The van der Waals surface area contributed by atoms with Gasteiger partial charge in [-0.25, -0.2) is 0 Å². The normalized spacial score (nSPS) is 17.5. The van der Waals surface area contributed by atoms with Crippen LogP contribution in [0.15, 0.2) is 53.3 Å². The monoisotopic (exact) mass is 320 g/mol. The van der Waals surface area contributed by atoms with Crippen LogP contribution in [-0.4, -0.2) is 27.6 Å². The Bertz CT molecular complexity index is 858. The lowest BCUT2D eigenvalue weighted by molar-refractivity contribution is -0.117. The zero-order chi connectivity index (χ0) is 16.5. The Balaban J connectivity index is 1.55. The molecule has 0 aliphatic carbocycles. The van der Waals surface area contributed by atoms with E-state index < -0.39 is 0 Å². The molecule has 0 radical (unpaired) electrons. The number of hydrogen-bond acceptors (Lipinski definition) is 5. The highest BCUT2D eigenvalue weighted by Gasteiger charge is 2.35. The first-order chi connectivity index (χ1) is 11.7. The summed E-state index contributed by atoms with van der Waals surface area (Å²) in [5, 5.41) is 4.02. The molecule has 2 aromatic heterocycles. The second kappa shape index (κ2) is 5.88. The van der Waals surface area contributed by atoms with E-state index >= 15 is 0 Å². The topological polar surface area (TPSA) is 72.1 Å². The summed E-state index contributed by atoms with van der Waals surface area (Å²) in [4.78, 5) is 22.6. The molecule has 1 aliphatic heterocycles. The lowest BCUT2D eigenvalue weighted by Gasteiger charge is -2.16. The fraction of sp³-hybridized carbons (Fsp3) is 0.222. The molecular weight excluding hydrogens is 304 g/mol. The van der Waals surface area contributed by atoms with Crippen molar-refractivity contribution in [2.45, 2.75) is 19.3 Å². The van der Waals surface area contributed by atoms with E-state index in [-0.39, 0.29) is 11.8 Å². The molecule has 1 aromatic carbocycles. The Morgan fingerprint density at radius 2 is 1.88 bits per heavy atom. The number of pyridine rings is 1. The molecule has 6 nitrogen and oxygen atoms in total. The molecule has 0 bridgehead atoms. The van der Waals surface area contributed by atoms with Crippen LogP contribution in [0.2, 0.25) is 0 Å². The Kier molecular flexibility index (Phi) is 3.57. The van der Waals surface area contributed by atoms with E-state index in [1.165, 1.54) is 5.56 Å². The molecular formula is C18H16N4O2. The van der Waals surface area contributed by atoms with Crippen LogP contribution in [0.25, 0.3) is 11.4 Å². The lowest BCUT2D eigenvalue weighted by atomic mass is 10.1. The molecule has 1 amide bonds. The number of carbonyl (C=O) groups excluding carboxylic acids is 1. The van der Waals surface area contributed by atoms with Crippen molar-refractivity contribution in [2.24, 2.45) is 0 Å². The van der Waals surface area contributed by atoms with E-state index in [1.807, 2.05) is 43.3 Å². The first-order valence-corrected chi connectivity index (χ1v) is 7.82. The van der Waals surface area contributed by atoms with Gasteiger partial charge in [0.2, 0.25) is 17.6 Å². The largest absolute Gasteiger partial charge is 0.339 e. The van der Waals surface area contributed by atoms with E-state index in [2.05, 4.69) is 15.1 Å². The van der Waals surface area contributed by atoms with Crippen LogP contribution in [0, 0.1) is 6.92 Å². The average molecular weight is 320 g/mol. The van der Waals surface area contributed by atoms with Crippen molar-refractivity contribution >= 4 is 11.6 Å². The summed E-state index contributed by atoms with van der Waals surface area (Å²) < 4.78 is 5.39. The van der Waals surface area contributed by atoms with Crippen molar-refractivity contribution in [1.29, 1.82) is 0 Å². The second-order valence-corrected chi connectivity index (χ2v) is 5.93. The first kappa shape index (κ1) is 14.6. The third-order valence-corrected chi connectivity index (χ3v) is 4.20. The summed E-state index contributed by atoms with van der Waals surface area (Å²) in [5.41, 5.74) is 2.92. The predicted molar refractivity (Wildman–Crippen MR) is 88.4 cm³/mol.